The molecule has 2 aliphatic carbocycles. The van der Waals surface area contributed by atoms with E-state index in [2.05, 4.69) is 12.2 Å². The molecule has 2 atom stereocenters. The molecule has 2 heteroatoms. The SMILES string of the molecule is CCNC1CCCCCCCCCCC1OCCC1CC1. The average Bonchev–Trinajstić information content (AvgIpc) is 3.28. The Kier molecular flexibility index (Phi) is 8.73. The fourth-order valence-corrected chi connectivity index (χ4v) is 3.65. The van der Waals surface area contributed by atoms with E-state index in [-0.39, 0.29) is 0 Å². The summed E-state index contributed by atoms with van der Waals surface area (Å²) in [5.74, 6) is 0.994. The van der Waals surface area contributed by atoms with Crippen molar-refractivity contribution in [1.82, 2.24) is 5.32 Å². The van der Waals surface area contributed by atoms with Crippen molar-refractivity contribution in [3.63, 3.8) is 0 Å². The van der Waals surface area contributed by atoms with E-state index in [4.69, 9.17) is 4.74 Å². The van der Waals surface area contributed by atoms with Crippen molar-refractivity contribution in [2.24, 2.45) is 5.92 Å². The number of ether oxygens (including phenoxy) is 1. The van der Waals surface area contributed by atoms with Gasteiger partial charge < -0.3 is 10.1 Å². The first-order valence-electron chi connectivity index (χ1n) is 9.75. The normalized spacial score (nSPS) is 29.6. The number of hydrogen-bond donors (Lipinski definition) is 1. The summed E-state index contributed by atoms with van der Waals surface area (Å²) in [6.45, 7) is 4.31. The lowest BCUT2D eigenvalue weighted by atomic mass is 9.95. The van der Waals surface area contributed by atoms with Gasteiger partial charge in [-0.25, -0.2) is 0 Å². The van der Waals surface area contributed by atoms with Gasteiger partial charge in [0, 0.05) is 12.6 Å². The molecule has 0 amide bonds. The van der Waals surface area contributed by atoms with E-state index in [0.717, 1.165) is 19.1 Å². The quantitative estimate of drug-likeness (QED) is 0.739. The predicted octanol–water partition coefficient (Wildman–Crippen LogP) is 5.06. The Morgan fingerprint density at radius 2 is 1.43 bits per heavy atom. The minimum absolute atomic E-state index is 0.461. The third-order valence-electron chi connectivity index (χ3n) is 5.22. The van der Waals surface area contributed by atoms with Crippen molar-refractivity contribution in [3.8, 4) is 0 Å². The van der Waals surface area contributed by atoms with Crippen molar-refractivity contribution in [3.05, 3.63) is 0 Å². The second-order valence-corrected chi connectivity index (χ2v) is 7.21. The van der Waals surface area contributed by atoms with Crippen molar-refractivity contribution < 1.29 is 4.74 Å². The van der Waals surface area contributed by atoms with E-state index in [9.17, 15) is 0 Å². The first-order chi connectivity index (χ1) is 10.4. The van der Waals surface area contributed by atoms with Crippen LogP contribution in [0.25, 0.3) is 0 Å². The molecule has 2 nitrogen and oxygen atoms in total. The molecule has 0 spiro atoms. The van der Waals surface area contributed by atoms with Crippen molar-refractivity contribution in [2.75, 3.05) is 13.2 Å². The fourth-order valence-electron chi connectivity index (χ4n) is 3.65. The monoisotopic (exact) mass is 295 g/mol. The summed E-state index contributed by atoms with van der Waals surface area (Å²) in [7, 11) is 0. The molecule has 0 bridgehead atoms. The summed E-state index contributed by atoms with van der Waals surface area (Å²) in [5.41, 5.74) is 0. The summed E-state index contributed by atoms with van der Waals surface area (Å²) in [6, 6.07) is 0.591. The standard InChI is InChI=1S/C19H37NO/c1-2-20-18-11-9-7-5-3-4-6-8-10-12-19(18)21-16-15-17-13-14-17/h17-20H,2-16H2,1H3. The highest BCUT2D eigenvalue weighted by Gasteiger charge is 2.24. The largest absolute Gasteiger partial charge is 0.377 e. The van der Waals surface area contributed by atoms with Crippen LogP contribution < -0.4 is 5.32 Å². The maximum atomic E-state index is 6.34. The highest BCUT2D eigenvalue weighted by Crippen LogP contribution is 2.32. The van der Waals surface area contributed by atoms with Gasteiger partial charge in [-0.3, -0.25) is 0 Å². The molecule has 2 fully saturated rings. The minimum Gasteiger partial charge on any atom is -0.377 e. The first kappa shape index (κ1) is 17.3. The summed E-state index contributed by atoms with van der Waals surface area (Å²) >= 11 is 0. The highest BCUT2D eigenvalue weighted by molar-refractivity contribution is 4.79. The zero-order valence-electron chi connectivity index (χ0n) is 14.2. The van der Waals surface area contributed by atoms with Gasteiger partial charge in [0.2, 0.25) is 0 Å². The summed E-state index contributed by atoms with van der Waals surface area (Å²) in [4.78, 5) is 0. The first-order valence-corrected chi connectivity index (χ1v) is 9.75. The molecule has 0 radical (unpaired) electrons. The molecule has 0 aromatic rings. The van der Waals surface area contributed by atoms with Crippen LogP contribution in [0.1, 0.15) is 90.4 Å². The van der Waals surface area contributed by atoms with Crippen LogP contribution in [0.2, 0.25) is 0 Å². The van der Waals surface area contributed by atoms with Gasteiger partial charge in [-0.05, 0) is 31.7 Å². The Balaban J connectivity index is 1.79. The summed E-state index contributed by atoms with van der Waals surface area (Å²) in [5, 5.41) is 3.72. The molecule has 21 heavy (non-hydrogen) atoms. The Hall–Kier alpha value is -0.0800. The van der Waals surface area contributed by atoms with Crippen molar-refractivity contribution in [2.45, 2.75) is 103 Å². The van der Waals surface area contributed by atoms with Gasteiger partial charge in [-0.15, -0.1) is 0 Å². The molecular weight excluding hydrogens is 258 g/mol. The number of rotatable bonds is 6. The fraction of sp³-hybridized carbons (Fsp3) is 1.00. The molecule has 0 aliphatic heterocycles. The lowest BCUT2D eigenvalue weighted by Crippen LogP contribution is -2.41. The van der Waals surface area contributed by atoms with Gasteiger partial charge in [0.15, 0.2) is 0 Å². The third-order valence-corrected chi connectivity index (χ3v) is 5.22. The minimum atomic E-state index is 0.461. The molecule has 124 valence electrons. The Labute approximate surface area is 132 Å². The smallest absolute Gasteiger partial charge is 0.0728 e. The molecule has 1 N–H and O–H groups in total. The van der Waals surface area contributed by atoms with Crippen molar-refractivity contribution in [1.29, 1.82) is 0 Å². The molecule has 2 saturated carbocycles. The van der Waals surface area contributed by atoms with Gasteiger partial charge in [-0.2, -0.15) is 0 Å². The summed E-state index contributed by atoms with van der Waals surface area (Å²) < 4.78 is 6.34. The molecular formula is C19H37NO. The Bertz CT molecular complexity index is 252. The van der Waals surface area contributed by atoms with Crippen LogP contribution in [0.4, 0.5) is 0 Å². The van der Waals surface area contributed by atoms with E-state index >= 15 is 0 Å². The van der Waals surface area contributed by atoms with Gasteiger partial charge in [-0.1, -0.05) is 71.1 Å². The van der Waals surface area contributed by atoms with Crippen LogP contribution in [0.5, 0.6) is 0 Å². The number of nitrogens with one attached hydrogen (secondary N) is 1. The molecule has 0 heterocycles. The molecule has 2 aliphatic rings. The van der Waals surface area contributed by atoms with E-state index in [1.54, 1.807) is 0 Å². The lowest BCUT2D eigenvalue weighted by Gasteiger charge is -2.29. The topological polar surface area (TPSA) is 21.3 Å². The average molecular weight is 296 g/mol. The van der Waals surface area contributed by atoms with Crippen molar-refractivity contribution >= 4 is 0 Å². The van der Waals surface area contributed by atoms with Crippen LogP contribution >= 0.6 is 0 Å². The summed E-state index contributed by atoms with van der Waals surface area (Å²) in [6.07, 6.45) is 18.6. The lowest BCUT2D eigenvalue weighted by molar-refractivity contribution is 0.0135. The number of hydrogen-bond acceptors (Lipinski definition) is 2. The van der Waals surface area contributed by atoms with Crippen LogP contribution in [0.3, 0.4) is 0 Å². The zero-order valence-corrected chi connectivity index (χ0v) is 14.2. The van der Waals surface area contributed by atoms with E-state index in [0.29, 0.717) is 12.1 Å². The van der Waals surface area contributed by atoms with Gasteiger partial charge in [0.25, 0.3) is 0 Å². The van der Waals surface area contributed by atoms with Crippen LogP contribution in [0, 0.1) is 5.92 Å². The van der Waals surface area contributed by atoms with E-state index in [1.807, 2.05) is 0 Å². The molecule has 0 aromatic heterocycles. The maximum Gasteiger partial charge on any atom is 0.0728 e. The second-order valence-electron chi connectivity index (χ2n) is 7.21. The predicted molar refractivity (Wildman–Crippen MR) is 90.7 cm³/mol. The Morgan fingerprint density at radius 3 is 2.05 bits per heavy atom. The molecule has 2 rings (SSSR count). The van der Waals surface area contributed by atoms with E-state index < -0.39 is 0 Å². The molecule has 0 aromatic carbocycles. The van der Waals surface area contributed by atoms with Gasteiger partial charge in [0.05, 0.1) is 6.10 Å². The van der Waals surface area contributed by atoms with Crippen LogP contribution in [0.15, 0.2) is 0 Å². The maximum absolute atomic E-state index is 6.34. The number of likely N-dealkylation sites (N-methyl/N-ethyl adjacent to an activating group) is 1. The molecule has 0 saturated heterocycles. The zero-order chi connectivity index (χ0) is 14.8. The van der Waals surface area contributed by atoms with E-state index in [1.165, 1.54) is 83.5 Å². The third kappa shape index (κ3) is 7.65. The van der Waals surface area contributed by atoms with Crippen LogP contribution in [-0.4, -0.2) is 25.3 Å². The molecule has 2 unspecified atom stereocenters. The second kappa shape index (κ2) is 10.6. The van der Waals surface area contributed by atoms with Gasteiger partial charge >= 0.3 is 0 Å². The Morgan fingerprint density at radius 1 is 0.810 bits per heavy atom. The highest BCUT2D eigenvalue weighted by atomic mass is 16.5. The van der Waals surface area contributed by atoms with Crippen LogP contribution in [-0.2, 0) is 4.74 Å². The van der Waals surface area contributed by atoms with Gasteiger partial charge in [0.1, 0.15) is 0 Å².